The van der Waals surface area contributed by atoms with Crippen molar-refractivity contribution in [3.8, 4) is 0 Å². The van der Waals surface area contributed by atoms with Gasteiger partial charge in [0.25, 0.3) is 5.69 Å². The minimum atomic E-state index is -0.866. The lowest BCUT2D eigenvalue weighted by atomic mass is 10.2. The van der Waals surface area contributed by atoms with Crippen molar-refractivity contribution in [2.75, 3.05) is 19.5 Å². The molecular weight excluding hydrogens is 348 g/mol. The highest BCUT2D eigenvalue weighted by atomic mass is 79.9. The van der Waals surface area contributed by atoms with Gasteiger partial charge in [0.05, 0.1) is 25.2 Å². The molecule has 0 amide bonds. The number of halogens is 1. The number of hydrogen-bond donors (Lipinski definition) is 1. The van der Waals surface area contributed by atoms with E-state index in [1.807, 2.05) is 0 Å². The molecule has 9 heteroatoms. The van der Waals surface area contributed by atoms with E-state index in [0.29, 0.717) is 4.47 Å². The molecule has 1 aromatic carbocycles. The molecule has 0 atom stereocenters. The van der Waals surface area contributed by atoms with Crippen molar-refractivity contribution in [1.82, 2.24) is 0 Å². The summed E-state index contributed by atoms with van der Waals surface area (Å²) in [5.41, 5.74) is -0.529. The Morgan fingerprint density at radius 2 is 2.00 bits per heavy atom. The van der Waals surface area contributed by atoms with Crippen LogP contribution >= 0.6 is 15.9 Å². The normalized spacial score (nSPS) is 10.7. The van der Waals surface area contributed by atoms with E-state index in [2.05, 4.69) is 30.7 Å². The number of benzene rings is 1. The zero-order valence-electron chi connectivity index (χ0n) is 11.1. The van der Waals surface area contributed by atoms with Crippen molar-refractivity contribution in [1.29, 1.82) is 0 Å². The van der Waals surface area contributed by atoms with E-state index < -0.39 is 16.9 Å². The third-order valence-electron chi connectivity index (χ3n) is 2.29. The maximum Gasteiger partial charge on any atom is 0.354 e. The van der Waals surface area contributed by atoms with Gasteiger partial charge in [0.1, 0.15) is 11.4 Å². The van der Waals surface area contributed by atoms with Gasteiger partial charge in [0.15, 0.2) is 0 Å². The molecule has 0 aliphatic carbocycles. The van der Waals surface area contributed by atoms with Gasteiger partial charge in [-0.3, -0.25) is 10.1 Å². The van der Waals surface area contributed by atoms with Crippen LogP contribution in [0.5, 0.6) is 0 Å². The summed E-state index contributed by atoms with van der Waals surface area (Å²) in [7, 11) is 2.25. The minimum absolute atomic E-state index is 0.0231. The number of nitrogens with zero attached hydrogens (tertiary/aromatic N) is 1. The van der Waals surface area contributed by atoms with Gasteiger partial charge in [0, 0.05) is 10.5 Å². The minimum Gasteiger partial charge on any atom is -0.466 e. The first-order chi connectivity index (χ1) is 9.88. The first kappa shape index (κ1) is 16.6. The Labute approximate surface area is 128 Å². The molecule has 0 radical (unpaired) electrons. The van der Waals surface area contributed by atoms with E-state index in [1.165, 1.54) is 18.2 Å². The second-order valence-corrected chi connectivity index (χ2v) is 4.53. The monoisotopic (exact) mass is 358 g/mol. The molecule has 1 aromatic rings. The summed E-state index contributed by atoms with van der Waals surface area (Å²) in [5.74, 6) is -1.67. The average Bonchev–Trinajstić information content (AvgIpc) is 2.45. The van der Waals surface area contributed by atoms with Gasteiger partial charge in [-0.05, 0) is 12.1 Å². The first-order valence-electron chi connectivity index (χ1n) is 5.48. The highest BCUT2D eigenvalue weighted by molar-refractivity contribution is 9.10. The first-order valence-corrected chi connectivity index (χ1v) is 6.27. The third-order valence-corrected chi connectivity index (χ3v) is 2.79. The molecule has 0 bridgehead atoms. The van der Waals surface area contributed by atoms with Crippen LogP contribution in [-0.4, -0.2) is 31.1 Å². The molecule has 0 aromatic heterocycles. The lowest BCUT2D eigenvalue weighted by molar-refractivity contribution is -0.383. The number of esters is 2. The van der Waals surface area contributed by atoms with E-state index in [1.54, 1.807) is 0 Å². The van der Waals surface area contributed by atoms with Crippen LogP contribution in [0.4, 0.5) is 11.4 Å². The molecule has 21 heavy (non-hydrogen) atoms. The summed E-state index contributed by atoms with van der Waals surface area (Å²) in [4.78, 5) is 33.2. The molecule has 1 rings (SSSR count). The van der Waals surface area contributed by atoms with Crippen molar-refractivity contribution >= 4 is 39.2 Å². The van der Waals surface area contributed by atoms with Gasteiger partial charge in [0.2, 0.25) is 0 Å². The second-order valence-electron chi connectivity index (χ2n) is 3.62. The van der Waals surface area contributed by atoms with Crippen LogP contribution in [0.1, 0.15) is 0 Å². The van der Waals surface area contributed by atoms with E-state index in [4.69, 9.17) is 0 Å². The zero-order valence-corrected chi connectivity index (χ0v) is 12.7. The van der Waals surface area contributed by atoms with Crippen LogP contribution in [0.15, 0.2) is 34.4 Å². The number of anilines is 1. The number of nitro groups is 1. The Morgan fingerprint density at radius 3 is 2.52 bits per heavy atom. The summed E-state index contributed by atoms with van der Waals surface area (Å²) in [6.07, 6.45) is 0.844. The van der Waals surface area contributed by atoms with E-state index in [9.17, 15) is 19.7 Å². The maximum absolute atomic E-state index is 11.6. The van der Waals surface area contributed by atoms with E-state index in [0.717, 1.165) is 20.3 Å². The van der Waals surface area contributed by atoms with Gasteiger partial charge >= 0.3 is 11.9 Å². The summed E-state index contributed by atoms with van der Waals surface area (Å²) in [6, 6.07) is 4.12. The number of rotatable bonds is 5. The Balaban J connectivity index is 3.23. The molecule has 1 N–H and O–H groups in total. The van der Waals surface area contributed by atoms with Crippen molar-refractivity contribution in [3.63, 3.8) is 0 Å². The number of ether oxygens (including phenoxy) is 2. The molecule has 0 saturated heterocycles. The molecule has 0 aliphatic heterocycles. The fraction of sp³-hybridized carbons (Fsp3) is 0.167. The summed E-state index contributed by atoms with van der Waals surface area (Å²) >= 11 is 3.16. The van der Waals surface area contributed by atoms with Crippen LogP contribution < -0.4 is 5.32 Å². The lowest BCUT2D eigenvalue weighted by Crippen LogP contribution is -2.16. The van der Waals surface area contributed by atoms with Crippen LogP contribution in [0.2, 0.25) is 0 Å². The van der Waals surface area contributed by atoms with Crippen molar-refractivity contribution in [2.45, 2.75) is 0 Å². The van der Waals surface area contributed by atoms with Crippen LogP contribution in [0, 0.1) is 10.1 Å². The predicted molar refractivity (Wildman–Crippen MR) is 76.5 cm³/mol. The third kappa shape index (κ3) is 4.56. The standard InChI is InChI=1S/C12H11BrN2O6/c1-20-11(16)6-9(12(17)21-2)14-8-5-7(13)3-4-10(8)15(18)19/h3-6,14H,1-2H3/b9-6+. The Hall–Kier alpha value is -2.42. The number of nitrogens with one attached hydrogen (secondary N) is 1. The Kier molecular flexibility index (Phi) is 5.85. The highest BCUT2D eigenvalue weighted by Gasteiger charge is 2.19. The smallest absolute Gasteiger partial charge is 0.354 e. The maximum atomic E-state index is 11.6. The van der Waals surface area contributed by atoms with Gasteiger partial charge in [-0.1, -0.05) is 15.9 Å². The Bertz CT molecular complexity index is 614. The summed E-state index contributed by atoms with van der Waals surface area (Å²) in [6.45, 7) is 0. The topological polar surface area (TPSA) is 108 Å². The number of methoxy groups -OCH3 is 2. The molecule has 8 nitrogen and oxygen atoms in total. The molecular formula is C12H11BrN2O6. The summed E-state index contributed by atoms with van der Waals surface area (Å²) < 4.78 is 9.46. The molecule has 0 fully saturated rings. The zero-order chi connectivity index (χ0) is 16.0. The van der Waals surface area contributed by atoms with Gasteiger partial charge in [-0.2, -0.15) is 0 Å². The molecule has 0 spiro atoms. The van der Waals surface area contributed by atoms with E-state index in [-0.39, 0.29) is 17.1 Å². The summed E-state index contributed by atoms with van der Waals surface area (Å²) in [5, 5.41) is 13.5. The molecule has 0 heterocycles. The lowest BCUT2D eigenvalue weighted by Gasteiger charge is -2.09. The number of nitro benzene ring substituents is 1. The number of hydrogen-bond acceptors (Lipinski definition) is 7. The second kappa shape index (κ2) is 7.39. The fourth-order valence-corrected chi connectivity index (χ4v) is 1.71. The van der Waals surface area contributed by atoms with Crippen molar-refractivity contribution < 1.29 is 24.0 Å². The number of carbonyl (C=O) groups excluding carboxylic acids is 2. The number of carbonyl (C=O) groups is 2. The van der Waals surface area contributed by atoms with Gasteiger partial charge < -0.3 is 14.8 Å². The average molecular weight is 359 g/mol. The van der Waals surface area contributed by atoms with Crippen LogP contribution in [-0.2, 0) is 19.1 Å². The van der Waals surface area contributed by atoms with Crippen LogP contribution in [0.3, 0.4) is 0 Å². The largest absolute Gasteiger partial charge is 0.466 e. The van der Waals surface area contributed by atoms with Crippen molar-refractivity contribution in [3.05, 3.63) is 44.6 Å². The Morgan fingerprint density at radius 1 is 1.33 bits per heavy atom. The molecule has 0 saturated carbocycles. The van der Waals surface area contributed by atoms with Gasteiger partial charge in [-0.25, -0.2) is 9.59 Å². The molecule has 0 aliphatic rings. The van der Waals surface area contributed by atoms with Crippen LogP contribution in [0.25, 0.3) is 0 Å². The quantitative estimate of drug-likeness (QED) is 0.371. The molecule has 112 valence electrons. The highest BCUT2D eigenvalue weighted by Crippen LogP contribution is 2.29. The van der Waals surface area contributed by atoms with Crippen molar-refractivity contribution in [2.24, 2.45) is 0 Å². The fourth-order valence-electron chi connectivity index (χ4n) is 1.35. The predicted octanol–water partition coefficient (Wildman–Crippen LogP) is 2.00. The SMILES string of the molecule is COC(=O)/C=C(/Nc1cc(Br)ccc1[N+](=O)[O-])C(=O)OC. The van der Waals surface area contributed by atoms with Gasteiger partial charge in [-0.15, -0.1) is 0 Å². The van der Waals surface area contributed by atoms with E-state index >= 15 is 0 Å². The molecule has 0 unspecified atom stereocenters.